The number of aromatic nitrogens is 1. The molecule has 0 unspecified atom stereocenters. The monoisotopic (exact) mass is 232 g/mol. The minimum atomic E-state index is 0.0323. The molecule has 0 atom stereocenters. The molecule has 0 aliphatic carbocycles. The van der Waals surface area contributed by atoms with Gasteiger partial charge in [0.1, 0.15) is 5.82 Å². The van der Waals surface area contributed by atoms with Gasteiger partial charge in [-0.3, -0.25) is 0 Å². The zero-order valence-corrected chi connectivity index (χ0v) is 10.1. The van der Waals surface area contributed by atoms with Crippen molar-refractivity contribution in [3.8, 4) is 0 Å². The van der Waals surface area contributed by atoms with Crippen LogP contribution in [0.25, 0.3) is 0 Å². The molecular formula is C13H16N2O2. The molecule has 0 saturated carbocycles. The maximum atomic E-state index is 9.09. The molecule has 0 aliphatic heterocycles. The van der Waals surface area contributed by atoms with Crippen LogP contribution in [0.3, 0.4) is 0 Å². The van der Waals surface area contributed by atoms with E-state index in [1.54, 1.807) is 12.5 Å². The first kappa shape index (κ1) is 11.7. The second-order valence-corrected chi connectivity index (χ2v) is 4.06. The summed E-state index contributed by atoms with van der Waals surface area (Å²) in [6.07, 6.45) is 3.39. The van der Waals surface area contributed by atoms with E-state index in [1.165, 1.54) is 0 Å². The quantitative estimate of drug-likeness (QED) is 0.877. The molecule has 2 rings (SSSR count). The van der Waals surface area contributed by atoms with Gasteiger partial charge in [0, 0.05) is 24.8 Å². The van der Waals surface area contributed by atoms with E-state index in [9.17, 15) is 0 Å². The highest BCUT2D eigenvalue weighted by molar-refractivity contribution is 5.41. The minimum absolute atomic E-state index is 0.0323. The topological polar surface area (TPSA) is 49.5 Å². The van der Waals surface area contributed by atoms with Crippen molar-refractivity contribution in [3.63, 3.8) is 0 Å². The molecule has 0 amide bonds. The van der Waals surface area contributed by atoms with Crippen LogP contribution < -0.4 is 4.90 Å². The van der Waals surface area contributed by atoms with Gasteiger partial charge >= 0.3 is 0 Å². The number of aliphatic hydroxyl groups is 1. The van der Waals surface area contributed by atoms with Gasteiger partial charge in [0.15, 0.2) is 0 Å². The Morgan fingerprint density at radius 3 is 2.76 bits per heavy atom. The number of hydrogen-bond donors (Lipinski definition) is 1. The van der Waals surface area contributed by atoms with E-state index in [0.717, 1.165) is 29.2 Å². The van der Waals surface area contributed by atoms with E-state index in [-0.39, 0.29) is 6.61 Å². The number of furan rings is 1. The van der Waals surface area contributed by atoms with E-state index in [4.69, 9.17) is 9.52 Å². The first-order valence-corrected chi connectivity index (χ1v) is 5.50. The summed E-state index contributed by atoms with van der Waals surface area (Å²) in [4.78, 5) is 6.50. The van der Waals surface area contributed by atoms with Crippen LogP contribution in [0.1, 0.15) is 16.8 Å². The summed E-state index contributed by atoms with van der Waals surface area (Å²) in [7, 11) is 1.98. The Hall–Kier alpha value is -1.81. The third-order valence-electron chi connectivity index (χ3n) is 2.74. The third kappa shape index (κ3) is 2.65. The Morgan fingerprint density at radius 1 is 1.35 bits per heavy atom. The van der Waals surface area contributed by atoms with Crippen LogP contribution >= 0.6 is 0 Å². The summed E-state index contributed by atoms with van der Waals surface area (Å²) >= 11 is 0. The van der Waals surface area contributed by atoms with Crippen LogP contribution in [0, 0.1) is 6.92 Å². The lowest BCUT2D eigenvalue weighted by atomic mass is 10.2. The van der Waals surface area contributed by atoms with Crippen LogP contribution in [-0.4, -0.2) is 17.1 Å². The van der Waals surface area contributed by atoms with E-state index in [1.807, 2.05) is 37.1 Å². The predicted octanol–water partition coefficient (Wildman–Crippen LogP) is 2.11. The number of anilines is 1. The van der Waals surface area contributed by atoms with E-state index >= 15 is 0 Å². The van der Waals surface area contributed by atoms with Gasteiger partial charge in [-0.2, -0.15) is 0 Å². The molecule has 17 heavy (non-hydrogen) atoms. The average molecular weight is 232 g/mol. The molecule has 2 aromatic heterocycles. The molecule has 0 radical (unpaired) electrons. The SMILES string of the molecule is Cc1nc(N(C)Cc2ccoc2)ccc1CO. The number of pyridine rings is 1. The lowest BCUT2D eigenvalue weighted by Gasteiger charge is -2.18. The molecule has 2 heterocycles. The average Bonchev–Trinajstić information content (AvgIpc) is 2.81. The maximum absolute atomic E-state index is 9.09. The fourth-order valence-electron chi connectivity index (χ4n) is 1.69. The largest absolute Gasteiger partial charge is 0.472 e. The summed E-state index contributed by atoms with van der Waals surface area (Å²) in [5.74, 6) is 0.890. The van der Waals surface area contributed by atoms with Crippen LogP contribution in [0.5, 0.6) is 0 Å². The van der Waals surface area contributed by atoms with E-state index in [0.29, 0.717) is 0 Å². The normalized spacial score (nSPS) is 10.5. The third-order valence-corrected chi connectivity index (χ3v) is 2.74. The molecule has 0 aromatic carbocycles. The fourth-order valence-corrected chi connectivity index (χ4v) is 1.69. The van der Waals surface area contributed by atoms with Crippen LogP contribution in [0.2, 0.25) is 0 Å². The van der Waals surface area contributed by atoms with Crippen molar-refractivity contribution in [1.29, 1.82) is 0 Å². The number of rotatable bonds is 4. The number of nitrogens with zero attached hydrogens (tertiary/aromatic N) is 2. The smallest absolute Gasteiger partial charge is 0.128 e. The Balaban J connectivity index is 2.14. The summed E-state index contributed by atoms with van der Waals surface area (Å²) in [5.41, 5.74) is 2.84. The molecule has 0 fully saturated rings. The van der Waals surface area contributed by atoms with Gasteiger partial charge in [0.05, 0.1) is 19.1 Å². The lowest BCUT2D eigenvalue weighted by Crippen LogP contribution is -2.17. The molecule has 2 aromatic rings. The first-order chi connectivity index (χ1) is 8.20. The highest BCUT2D eigenvalue weighted by Crippen LogP contribution is 2.16. The van der Waals surface area contributed by atoms with Crippen molar-refractivity contribution in [2.45, 2.75) is 20.1 Å². The first-order valence-electron chi connectivity index (χ1n) is 5.50. The van der Waals surface area contributed by atoms with Crippen molar-refractivity contribution < 1.29 is 9.52 Å². The Morgan fingerprint density at radius 2 is 2.18 bits per heavy atom. The Labute approximate surface area is 101 Å². The van der Waals surface area contributed by atoms with Gasteiger partial charge in [-0.25, -0.2) is 4.98 Å². The van der Waals surface area contributed by atoms with E-state index < -0.39 is 0 Å². The molecular weight excluding hydrogens is 216 g/mol. The van der Waals surface area contributed by atoms with Gasteiger partial charge in [-0.1, -0.05) is 6.07 Å². The molecule has 0 bridgehead atoms. The van der Waals surface area contributed by atoms with Crippen molar-refractivity contribution in [2.24, 2.45) is 0 Å². The van der Waals surface area contributed by atoms with Crippen molar-refractivity contribution in [2.75, 3.05) is 11.9 Å². The van der Waals surface area contributed by atoms with Crippen molar-refractivity contribution in [3.05, 3.63) is 47.5 Å². The Kier molecular flexibility index (Phi) is 3.44. The molecule has 90 valence electrons. The molecule has 0 aliphatic rings. The number of aliphatic hydroxyl groups excluding tert-OH is 1. The highest BCUT2D eigenvalue weighted by atomic mass is 16.3. The summed E-state index contributed by atoms with van der Waals surface area (Å²) in [6.45, 7) is 2.69. The Bertz CT molecular complexity index is 480. The van der Waals surface area contributed by atoms with Crippen LogP contribution in [-0.2, 0) is 13.2 Å². The zero-order valence-electron chi connectivity index (χ0n) is 10.1. The maximum Gasteiger partial charge on any atom is 0.128 e. The minimum Gasteiger partial charge on any atom is -0.472 e. The van der Waals surface area contributed by atoms with E-state index in [2.05, 4.69) is 4.98 Å². The molecule has 0 spiro atoms. The summed E-state index contributed by atoms with van der Waals surface area (Å²) in [6, 6.07) is 5.76. The fraction of sp³-hybridized carbons (Fsp3) is 0.308. The highest BCUT2D eigenvalue weighted by Gasteiger charge is 2.06. The van der Waals surface area contributed by atoms with Gasteiger partial charge in [0.25, 0.3) is 0 Å². The second kappa shape index (κ2) is 5.01. The summed E-state index contributed by atoms with van der Waals surface area (Å²) in [5, 5.41) is 9.09. The van der Waals surface area contributed by atoms with Gasteiger partial charge in [-0.05, 0) is 24.6 Å². The van der Waals surface area contributed by atoms with Crippen LogP contribution in [0.4, 0.5) is 5.82 Å². The van der Waals surface area contributed by atoms with Gasteiger partial charge in [-0.15, -0.1) is 0 Å². The molecule has 4 nitrogen and oxygen atoms in total. The molecule has 1 N–H and O–H groups in total. The summed E-state index contributed by atoms with van der Waals surface area (Å²) < 4.78 is 5.03. The molecule has 4 heteroatoms. The second-order valence-electron chi connectivity index (χ2n) is 4.06. The van der Waals surface area contributed by atoms with Gasteiger partial charge in [0.2, 0.25) is 0 Å². The zero-order chi connectivity index (χ0) is 12.3. The van der Waals surface area contributed by atoms with Crippen molar-refractivity contribution >= 4 is 5.82 Å². The van der Waals surface area contributed by atoms with Crippen LogP contribution in [0.15, 0.2) is 35.1 Å². The lowest BCUT2D eigenvalue weighted by molar-refractivity contribution is 0.280. The van der Waals surface area contributed by atoms with Gasteiger partial charge < -0.3 is 14.4 Å². The molecule has 0 saturated heterocycles. The van der Waals surface area contributed by atoms with Crippen molar-refractivity contribution in [1.82, 2.24) is 4.98 Å². The number of hydrogen-bond acceptors (Lipinski definition) is 4. The predicted molar refractivity (Wildman–Crippen MR) is 65.7 cm³/mol. The standard InChI is InChI=1S/C13H16N2O2/c1-10-12(8-16)3-4-13(14-10)15(2)7-11-5-6-17-9-11/h3-6,9,16H,7-8H2,1-2H3. The number of aryl methyl sites for hydroxylation is 1.